The average molecular weight is 312 g/mol. The van der Waals surface area contributed by atoms with Crippen molar-refractivity contribution in [2.75, 3.05) is 32.8 Å². The smallest absolute Gasteiger partial charge is 0.137 e. The highest BCUT2D eigenvalue weighted by Crippen LogP contribution is 2.33. The van der Waals surface area contributed by atoms with Crippen LogP contribution in [0.2, 0.25) is 0 Å². The summed E-state index contributed by atoms with van der Waals surface area (Å²) in [6.07, 6.45) is 4.35. The van der Waals surface area contributed by atoms with E-state index in [4.69, 9.17) is 4.74 Å². The van der Waals surface area contributed by atoms with E-state index in [0.29, 0.717) is 0 Å². The number of quaternary nitrogens is 1. The van der Waals surface area contributed by atoms with Gasteiger partial charge in [0, 0.05) is 0 Å². The third-order valence-electron chi connectivity index (χ3n) is 4.61. The zero-order valence-corrected chi connectivity index (χ0v) is 12.4. The van der Waals surface area contributed by atoms with Crippen molar-refractivity contribution in [1.82, 2.24) is 0 Å². The lowest BCUT2D eigenvalue weighted by atomic mass is 9.86. The second kappa shape index (κ2) is 6.07. The molecule has 0 radical (unpaired) electrons. The molecule has 3 heteroatoms. The first-order valence-corrected chi connectivity index (χ1v) is 6.89. The van der Waals surface area contributed by atoms with E-state index in [2.05, 4.69) is 0 Å². The number of rotatable bonds is 4. The average Bonchev–Trinajstić information content (AvgIpc) is 2.42. The first-order chi connectivity index (χ1) is 8.36. The fourth-order valence-corrected chi connectivity index (χ4v) is 3.35. The van der Waals surface area contributed by atoms with Crippen LogP contribution in [-0.2, 0) is 0 Å². The number of piperidine rings is 3. The fourth-order valence-electron chi connectivity index (χ4n) is 3.35. The maximum atomic E-state index is 5.84. The largest absolute Gasteiger partial charge is 1.00 e. The summed E-state index contributed by atoms with van der Waals surface area (Å²) >= 11 is 0. The lowest BCUT2D eigenvalue weighted by Gasteiger charge is -2.49. The molecule has 18 heavy (non-hydrogen) atoms. The van der Waals surface area contributed by atoms with Crippen molar-refractivity contribution < 1.29 is 26.2 Å². The first kappa shape index (κ1) is 13.9. The number of para-hydroxylation sites is 1. The van der Waals surface area contributed by atoms with Gasteiger partial charge in [-0.3, -0.25) is 0 Å². The van der Waals surface area contributed by atoms with Gasteiger partial charge in [-0.1, -0.05) is 18.2 Å². The van der Waals surface area contributed by atoms with Gasteiger partial charge in [0.2, 0.25) is 0 Å². The Hall–Kier alpha value is -0.540. The predicted molar refractivity (Wildman–Crippen MR) is 69.0 cm³/mol. The van der Waals surface area contributed by atoms with Crippen molar-refractivity contribution in [2.45, 2.75) is 19.3 Å². The number of nitrogens with zero attached hydrogens (tertiary/aromatic N) is 1. The van der Waals surface area contributed by atoms with Crippen LogP contribution in [0, 0.1) is 5.92 Å². The second-order valence-corrected chi connectivity index (χ2v) is 5.63. The summed E-state index contributed by atoms with van der Waals surface area (Å²) in [4.78, 5) is 0. The Morgan fingerprint density at radius 2 is 1.61 bits per heavy atom. The van der Waals surface area contributed by atoms with Gasteiger partial charge in [-0.15, -0.1) is 0 Å². The van der Waals surface area contributed by atoms with Crippen molar-refractivity contribution in [3.63, 3.8) is 0 Å². The molecule has 3 saturated heterocycles. The maximum absolute atomic E-state index is 5.84. The van der Waals surface area contributed by atoms with Crippen molar-refractivity contribution in [3.8, 4) is 5.75 Å². The van der Waals surface area contributed by atoms with Gasteiger partial charge in [0.25, 0.3) is 0 Å². The molecule has 2 bridgehead atoms. The summed E-state index contributed by atoms with van der Waals surface area (Å²) in [5, 5.41) is 0. The van der Waals surface area contributed by atoms with E-state index in [1.165, 1.54) is 49.9 Å². The van der Waals surface area contributed by atoms with Crippen LogP contribution < -0.4 is 21.7 Å². The minimum Gasteiger partial charge on any atom is -1.00 e. The third-order valence-corrected chi connectivity index (χ3v) is 4.61. The van der Waals surface area contributed by atoms with E-state index in [-0.39, 0.29) is 17.0 Å². The van der Waals surface area contributed by atoms with Crippen LogP contribution in [0.4, 0.5) is 0 Å². The van der Waals surface area contributed by atoms with Crippen LogP contribution in [0.3, 0.4) is 0 Å². The molecule has 3 aliphatic rings. The van der Waals surface area contributed by atoms with E-state index in [1.54, 1.807) is 0 Å². The number of halogens is 1. The Bertz CT molecular complexity index is 346. The van der Waals surface area contributed by atoms with E-state index < -0.39 is 0 Å². The minimum absolute atomic E-state index is 0. The summed E-state index contributed by atoms with van der Waals surface area (Å²) in [6, 6.07) is 10.2. The molecule has 0 spiro atoms. The quantitative estimate of drug-likeness (QED) is 0.694. The SMILES string of the molecule is [Br-].c1ccc(OCC[N+]23CCC(CC2)CC3)cc1. The molecule has 3 aliphatic heterocycles. The molecule has 0 unspecified atom stereocenters. The van der Waals surface area contributed by atoms with E-state index in [9.17, 15) is 0 Å². The number of fused-ring (bicyclic) bond motifs is 3. The summed E-state index contributed by atoms with van der Waals surface area (Å²) in [7, 11) is 0. The summed E-state index contributed by atoms with van der Waals surface area (Å²) < 4.78 is 7.16. The van der Waals surface area contributed by atoms with Crippen molar-refractivity contribution in [3.05, 3.63) is 30.3 Å². The Labute approximate surface area is 120 Å². The molecule has 0 saturated carbocycles. The third kappa shape index (κ3) is 3.07. The Morgan fingerprint density at radius 3 is 2.22 bits per heavy atom. The lowest BCUT2D eigenvalue weighted by molar-refractivity contribution is -0.942. The van der Waals surface area contributed by atoms with E-state index in [0.717, 1.165) is 18.3 Å². The monoisotopic (exact) mass is 311 g/mol. The van der Waals surface area contributed by atoms with Gasteiger partial charge >= 0.3 is 0 Å². The molecule has 100 valence electrons. The fraction of sp³-hybridized carbons (Fsp3) is 0.600. The van der Waals surface area contributed by atoms with E-state index >= 15 is 0 Å². The topological polar surface area (TPSA) is 9.23 Å². The number of ether oxygens (including phenoxy) is 1. The van der Waals surface area contributed by atoms with Gasteiger partial charge in [0.15, 0.2) is 0 Å². The molecule has 0 atom stereocenters. The lowest BCUT2D eigenvalue weighted by Crippen LogP contribution is -3.00. The Kier molecular flexibility index (Phi) is 4.68. The van der Waals surface area contributed by atoms with Crippen LogP contribution in [0.5, 0.6) is 5.75 Å². The van der Waals surface area contributed by atoms with Crippen LogP contribution in [-0.4, -0.2) is 37.3 Å². The van der Waals surface area contributed by atoms with Gasteiger partial charge in [-0.05, 0) is 37.3 Å². The molecule has 1 aromatic carbocycles. The molecule has 0 aromatic heterocycles. The molecule has 3 fully saturated rings. The highest BCUT2D eigenvalue weighted by molar-refractivity contribution is 5.20. The highest BCUT2D eigenvalue weighted by Gasteiger charge is 2.39. The van der Waals surface area contributed by atoms with Gasteiger partial charge in [0.05, 0.1) is 19.6 Å². The molecular weight excluding hydrogens is 290 g/mol. The summed E-state index contributed by atoms with van der Waals surface area (Å²) in [6.45, 7) is 6.24. The van der Waals surface area contributed by atoms with Crippen molar-refractivity contribution in [1.29, 1.82) is 0 Å². The standard InChI is InChI=1S/C15H22NO.BrH/c1-2-4-15(5-3-1)17-13-12-16-9-6-14(7-10-16)8-11-16;/h1-5,14H,6-13H2;1H/q+1;/p-1. The van der Waals surface area contributed by atoms with Gasteiger partial charge in [-0.25, -0.2) is 0 Å². The summed E-state index contributed by atoms with van der Waals surface area (Å²) in [5.41, 5.74) is 0. The normalized spacial score (nSPS) is 29.7. The maximum Gasteiger partial charge on any atom is 0.137 e. The van der Waals surface area contributed by atoms with E-state index in [1.807, 2.05) is 30.3 Å². The molecule has 4 rings (SSSR count). The molecule has 0 aliphatic carbocycles. The molecule has 2 nitrogen and oxygen atoms in total. The van der Waals surface area contributed by atoms with Gasteiger partial charge < -0.3 is 26.2 Å². The molecule has 1 aromatic rings. The molecule has 3 heterocycles. The van der Waals surface area contributed by atoms with Crippen LogP contribution in [0.15, 0.2) is 30.3 Å². The number of hydrogen-bond donors (Lipinski definition) is 0. The molecule has 0 amide bonds. The van der Waals surface area contributed by atoms with Crippen molar-refractivity contribution >= 4 is 0 Å². The molecule has 0 N–H and O–H groups in total. The Morgan fingerprint density at radius 1 is 1.00 bits per heavy atom. The zero-order chi connectivity index (χ0) is 11.6. The number of benzene rings is 1. The van der Waals surface area contributed by atoms with Crippen LogP contribution >= 0.6 is 0 Å². The van der Waals surface area contributed by atoms with Crippen LogP contribution in [0.1, 0.15) is 19.3 Å². The summed E-state index contributed by atoms with van der Waals surface area (Å²) in [5.74, 6) is 2.06. The second-order valence-electron chi connectivity index (χ2n) is 5.63. The predicted octanol–water partition coefficient (Wildman–Crippen LogP) is -0.300. The van der Waals surface area contributed by atoms with Gasteiger partial charge in [0.1, 0.15) is 18.9 Å². The zero-order valence-electron chi connectivity index (χ0n) is 10.9. The van der Waals surface area contributed by atoms with Crippen LogP contribution in [0.25, 0.3) is 0 Å². The van der Waals surface area contributed by atoms with Crippen molar-refractivity contribution in [2.24, 2.45) is 5.92 Å². The Balaban J connectivity index is 0.00000120. The minimum atomic E-state index is 0. The molecular formula is C15H22BrNO. The first-order valence-electron chi connectivity index (χ1n) is 6.89. The number of hydrogen-bond acceptors (Lipinski definition) is 1. The van der Waals surface area contributed by atoms with Gasteiger partial charge in [-0.2, -0.15) is 0 Å². The highest BCUT2D eigenvalue weighted by atomic mass is 79.9.